The second-order valence-electron chi connectivity index (χ2n) is 8.31. The fourth-order valence-electron chi connectivity index (χ4n) is 4.33. The Morgan fingerprint density at radius 2 is 1.73 bits per heavy atom. The number of hydrogen-bond acceptors (Lipinski definition) is 6. The lowest BCUT2D eigenvalue weighted by Crippen LogP contribution is -2.43. The molecule has 0 bridgehead atoms. The van der Waals surface area contributed by atoms with Crippen LogP contribution < -0.4 is 20.7 Å². The third kappa shape index (κ3) is 4.17. The van der Waals surface area contributed by atoms with E-state index in [4.69, 9.17) is 9.47 Å². The quantitative estimate of drug-likeness (QED) is 0.571. The van der Waals surface area contributed by atoms with Crippen LogP contribution in [0.4, 0.5) is 0 Å². The number of hydrogen-bond donors (Lipinski definition) is 0. The molecule has 1 fully saturated rings. The first-order chi connectivity index (χ1) is 15.9. The summed E-state index contributed by atoms with van der Waals surface area (Å²) in [6.07, 6.45) is 4.16. The van der Waals surface area contributed by atoms with Crippen LogP contribution in [0, 0.1) is 13.8 Å². The zero-order chi connectivity index (χ0) is 23.7. The molecule has 1 amide bonds. The largest absolute Gasteiger partial charge is 0.497 e. The van der Waals surface area contributed by atoms with Gasteiger partial charge in [0.2, 0.25) is 5.91 Å². The lowest BCUT2D eigenvalue weighted by atomic mass is 10.2. The van der Waals surface area contributed by atoms with Crippen LogP contribution in [-0.2, 0) is 11.3 Å². The molecule has 0 spiro atoms. The van der Waals surface area contributed by atoms with Crippen LogP contribution in [-0.4, -0.2) is 47.3 Å². The van der Waals surface area contributed by atoms with E-state index >= 15 is 0 Å². The van der Waals surface area contributed by atoms with E-state index in [0.29, 0.717) is 40.5 Å². The molecule has 1 aromatic carbocycles. The summed E-state index contributed by atoms with van der Waals surface area (Å²) in [7, 11) is 3.01. The maximum atomic E-state index is 13.7. The van der Waals surface area contributed by atoms with Gasteiger partial charge < -0.3 is 14.4 Å². The Balaban J connectivity index is 1.93. The van der Waals surface area contributed by atoms with Gasteiger partial charge >= 0.3 is 5.69 Å². The van der Waals surface area contributed by atoms with E-state index in [1.54, 1.807) is 18.2 Å². The summed E-state index contributed by atoms with van der Waals surface area (Å²) in [5.41, 5.74) is 0.158. The molecule has 2 aromatic heterocycles. The van der Waals surface area contributed by atoms with E-state index in [9.17, 15) is 14.4 Å². The van der Waals surface area contributed by atoms with Crippen molar-refractivity contribution >= 4 is 27.5 Å². The number of rotatable bonds is 5. The topological polar surface area (TPSA) is 82.8 Å². The number of aryl methyl sites for hydroxylation is 2. The summed E-state index contributed by atoms with van der Waals surface area (Å²) in [5, 5.41) is 0.457. The van der Waals surface area contributed by atoms with Gasteiger partial charge in [-0.1, -0.05) is 12.8 Å². The number of fused-ring (bicyclic) bond motifs is 1. The molecule has 176 valence electrons. The minimum atomic E-state index is -0.555. The first-order valence-electron chi connectivity index (χ1n) is 11.1. The van der Waals surface area contributed by atoms with Crippen molar-refractivity contribution in [2.75, 3.05) is 27.3 Å². The van der Waals surface area contributed by atoms with E-state index in [-0.39, 0.29) is 12.5 Å². The maximum absolute atomic E-state index is 13.7. The fourth-order valence-corrected chi connectivity index (χ4v) is 5.47. The summed E-state index contributed by atoms with van der Waals surface area (Å²) >= 11 is 1.37. The second-order valence-corrected chi connectivity index (χ2v) is 9.51. The second kappa shape index (κ2) is 9.43. The van der Waals surface area contributed by atoms with Crippen LogP contribution in [0.15, 0.2) is 27.8 Å². The number of carbonyl (C=O) groups excluding carboxylic acids is 1. The number of methoxy groups -OCH3 is 2. The molecule has 0 unspecified atom stereocenters. The molecule has 9 heteroatoms. The Labute approximate surface area is 196 Å². The molecule has 1 aliphatic heterocycles. The van der Waals surface area contributed by atoms with Crippen molar-refractivity contribution < 1.29 is 14.3 Å². The Morgan fingerprint density at radius 1 is 1.03 bits per heavy atom. The van der Waals surface area contributed by atoms with Crippen LogP contribution in [0.2, 0.25) is 0 Å². The Kier molecular flexibility index (Phi) is 6.60. The van der Waals surface area contributed by atoms with Crippen molar-refractivity contribution in [1.29, 1.82) is 0 Å². The Hall–Kier alpha value is -3.07. The van der Waals surface area contributed by atoms with Gasteiger partial charge in [-0.25, -0.2) is 9.36 Å². The third-order valence-corrected chi connectivity index (χ3v) is 7.56. The highest BCUT2D eigenvalue weighted by Gasteiger charge is 2.24. The van der Waals surface area contributed by atoms with Crippen LogP contribution in [0.5, 0.6) is 11.5 Å². The molecule has 8 nitrogen and oxygen atoms in total. The monoisotopic (exact) mass is 471 g/mol. The highest BCUT2D eigenvalue weighted by Crippen LogP contribution is 2.30. The zero-order valence-corrected chi connectivity index (χ0v) is 20.3. The molecule has 1 saturated heterocycles. The number of aromatic nitrogens is 2. The lowest BCUT2D eigenvalue weighted by molar-refractivity contribution is -0.131. The molecule has 33 heavy (non-hydrogen) atoms. The normalized spacial score (nSPS) is 14.4. The highest BCUT2D eigenvalue weighted by atomic mass is 32.1. The van der Waals surface area contributed by atoms with Crippen LogP contribution in [0.25, 0.3) is 15.9 Å². The van der Waals surface area contributed by atoms with Gasteiger partial charge in [-0.05, 0) is 44.4 Å². The van der Waals surface area contributed by atoms with Gasteiger partial charge in [-0.2, -0.15) is 0 Å². The van der Waals surface area contributed by atoms with E-state index in [2.05, 4.69) is 0 Å². The number of ether oxygens (including phenoxy) is 2. The predicted molar refractivity (Wildman–Crippen MR) is 129 cm³/mol. The van der Waals surface area contributed by atoms with E-state index < -0.39 is 11.2 Å². The smallest absolute Gasteiger partial charge is 0.337 e. The summed E-state index contributed by atoms with van der Waals surface area (Å²) in [5.74, 6) is 0.780. The zero-order valence-electron chi connectivity index (χ0n) is 19.5. The first kappa shape index (κ1) is 23.1. The van der Waals surface area contributed by atoms with Crippen molar-refractivity contribution in [2.45, 2.75) is 46.1 Å². The predicted octanol–water partition coefficient (Wildman–Crippen LogP) is 3.25. The van der Waals surface area contributed by atoms with Gasteiger partial charge in [0.15, 0.2) is 0 Å². The number of carbonyl (C=O) groups is 1. The Morgan fingerprint density at radius 3 is 2.36 bits per heavy atom. The van der Waals surface area contributed by atoms with Crippen molar-refractivity contribution in [3.05, 3.63) is 49.5 Å². The average Bonchev–Trinajstić information content (AvgIpc) is 2.99. The summed E-state index contributed by atoms with van der Waals surface area (Å²) in [6, 6.07) is 4.93. The van der Waals surface area contributed by atoms with Gasteiger partial charge in [-0.15, -0.1) is 11.3 Å². The molecule has 4 rings (SSSR count). The average molecular weight is 472 g/mol. The summed E-state index contributed by atoms with van der Waals surface area (Å²) in [6.45, 7) is 5.09. The SMILES string of the molecule is COc1ccc(-n2c(=O)c3c(C)c(C)sc3n(CC(=O)N3CCCCCC3)c2=O)c(OC)c1. The maximum Gasteiger partial charge on any atom is 0.337 e. The molecular formula is C24H29N3O5S. The minimum absolute atomic E-state index is 0.101. The van der Waals surface area contributed by atoms with E-state index in [0.717, 1.165) is 40.7 Å². The van der Waals surface area contributed by atoms with Crippen LogP contribution in [0.3, 0.4) is 0 Å². The van der Waals surface area contributed by atoms with Crippen molar-refractivity contribution in [3.63, 3.8) is 0 Å². The van der Waals surface area contributed by atoms with Gasteiger partial charge in [-0.3, -0.25) is 14.2 Å². The number of benzene rings is 1. The van der Waals surface area contributed by atoms with Gasteiger partial charge in [0.1, 0.15) is 22.9 Å². The number of nitrogens with zero attached hydrogens (tertiary/aromatic N) is 3. The van der Waals surface area contributed by atoms with E-state index in [1.165, 1.54) is 30.1 Å². The molecule has 0 atom stereocenters. The van der Waals surface area contributed by atoms with Crippen molar-refractivity contribution in [3.8, 4) is 17.2 Å². The number of likely N-dealkylation sites (tertiary alicyclic amines) is 1. The van der Waals surface area contributed by atoms with Crippen LogP contribution >= 0.6 is 11.3 Å². The summed E-state index contributed by atoms with van der Waals surface area (Å²) < 4.78 is 13.3. The molecule has 0 radical (unpaired) electrons. The lowest BCUT2D eigenvalue weighted by Gasteiger charge is -2.21. The first-order valence-corrected chi connectivity index (χ1v) is 11.9. The molecule has 3 heterocycles. The molecule has 0 N–H and O–H groups in total. The standard InChI is InChI=1S/C24H29N3O5S/c1-15-16(2)33-23-21(15)22(29)27(18-10-9-17(31-3)13-19(18)32-4)24(30)26(23)14-20(28)25-11-7-5-6-8-12-25/h9-10,13H,5-8,11-12,14H2,1-4H3. The van der Waals surface area contributed by atoms with Gasteiger partial charge in [0.25, 0.3) is 5.56 Å². The van der Waals surface area contributed by atoms with Crippen LogP contribution in [0.1, 0.15) is 36.1 Å². The molecule has 0 saturated carbocycles. The van der Waals surface area contributed by atoms with Crippen molar-refractivity contribution in [1.82, 2.24) is 14.0 Å². The number of amides is 1. The molecule has 0 aliphatic carbocycles. The van der Waals surface area contributed by atoms with E-state index in [1.807, 2.05) is 18.7 Å². The van der Waals surface area contributed by atoms with Gasteiger partial charge in [0.05, 0.1) is 25.3 Å². The van der Waals surface area contributed by atoms with Gasteiger partial charge in [0, 0.05) is 24.0 Å². The molecule has 1 aliphatic rings. The molecule has 3 aromatic rings. The fraction of sp³-hybridized carbons (Fsp3) is 0.458. The Bertz CT molecular complexity index is 1310. The third-order valence-electron chi connectivity index (χ3n) is 6.33. The number of thiophene rings is 1. The molecular weight excluding hydrogens is 442 g/mol. The van der Waals surface area contributed by atoms with Crippen molar-refractivity contribution in [2.24, 2.45) is 0 Å². The summed E-state index contributed by atoms with van der Waals surface area (Å²) in [4.78, 5) is 43.8. The minimum Gasteiger partial charge on any atom is -0.497 e. The highest BCUT2D eigenvalue weighted by molar-refractivity contribution is 7.18.